The average molecular weight is 236 g/mol. The summed E-state index contributed by atoms with van der Waals surface area (Å²) in [6.45, 7) is 5.24. The maximum Gasteiger partial charge on any atom is 0.0464 e. The van der Waals surface area contributed by atoms with Crippen LogP contribution in [0.5, 0.6) is 0 Å². The highest BCUT2D eigenvalue weighted by molar-refractivity contribution is 8.00. The van der Waals surface area contributed by atoms with Gasteiger partial charge in [0.25, 0.3) is 0 Å². The summed E-state index contributed by atoms with van der Waals surface area (Å²) in [4.78, 5) is 2.52. The highest BCUT2D eigenvalue weighted by atomic mass is 32.2. The summed E-state index contributed by atoms with van der Waals surface area (Å²) in [5.41, 5.74) is 7.12. The van der Waals surface area contributed by atoms with E-state index in [-0.39, 0.29) is 0 Å². The Morgan fingerprint density at radius 1 is 1.38 bits per heavy atom. The summed E-state index contributed by atoms with van der Waals surface area (Å²) in [5.74, 6) is 1.23. The molecule has 2 nitrogen and oxygen atoms in total. The van der Waals surface area contributed by atoms with Gasteiger partial charge >= 0.3 is 0 Å². The standard InChI is InChI=1S/C13H20N2S/c1-11-13(12-5-3-2-4-6-12)15(8-7-14)9-10-16-11/h2-6,11,13H,7-10,14H2,1H3. The Hall–Kier alpha value is -0.510. The molecule has 1 aromatic carbocycles. The molecule has 2 unspecified atom stereocenters. The van der Waals surface area contributed by atoms with Crippen molar-refractivity contribution in [2.75, 3.05) is 25.4 Å². The lowest BCUT2D eigenvalue weighted by atomic mass is 10.0. The molecule has 1 saturated heterocycles. The van der Waals surface area contributed by atoms with Crippen LogP contribution >= 0.6 is 11.8 Å². The van der Waals surface area contributed by atoms with Crippen LogP contribution in [0.15, 0.2) is 30.3 Å². The number of benzene rings is 1. The molecule has 1 aliphatic rings. The molecule has 0 aliphatic carbocycles. The van der Waals surface area contributed by atoms with E-state index < -0.39 is 0 Å². The summed E-state index contributed by atoms with van der Waals surface area (Å²) in [6.07, 6.45) is 0. The van der Waals surface area contributed by atoms with Gasteiger partial charge in [-0.15, -0.1) is 0 Å². The minimum Gasteiger partial charge on any atom is -0.329 e. The van der Waals surface area contributed by atoms with E-state index >= 15 is 0 Å². The zero-order chi connectivity index (χ0) is 11.4. The largest absolute Gasteiger partial charge is 0.329 e. The number of nitrogens with zero attached hydrogens (tertiary/aromatic N) is 1. The van der Waals surface area contributed by atoms with Gasteiger partial charge < -0.3 is 5.73 Å². The highest BCUT2D eigenvalue weighted by Gasteiger charge is 2.29. The summed E-state index contributed by atoms with van der Waals surface area (Å²) in [5, 5.41) is 0.655. The molecule has 1 heterocycles. The van der Waals surface area contributed by atoms with Crippen molar-refractivity contribution in [3.05, 3.63) is 35.9 Å². The van der Waals surface area contributed by atoms with Gasteiger partial charge in [-0.25, -0.2) is 0 Å². The molecule has 0 bridgehead atoms. The summed E-state index contributed by atoms with van der Waals surface area (Å²) in [7, 11) is 0. The number of nitrogens with two attached hydrogens (primary N) is 1. The van der Waals surface area contributed by atoms with Crippen molar-refractivity contribution in [1.29, 1.82) is 0 Å². The topological polar surface area (TPSA) is 29.3 Å². The molecule has 0 spiro atoms. The van der Waals surface area contributed by atoms with Crippen LogP contribution < -0.4 is 5.73 Å². The van der Waals surface area contributed by atoms with Gasteiger partial charge in [0.15, 0.2) is 0 Å². The van der Waals surface area contributed by atoms with Crippen LogP contribution in [0.1, 0.15) is 18.5 Å². The number of hydrogen-bond donors (Lipinski definition) is 1. The minimum atomic E-state index is 0.531. The van der Waals surface area contributed by atoms with Gasteiger partial charge in [-0.1, -0.05) is 37.3 Å². The van der Waals surface area contributed by atoms with E-state index in [4.69, 9.17) is 5.73 Å². The summed E-state index contributed by atoms with van der Waals surface area (Å²) in [6, 6.07) is 11.3. The van der Waals surface area contributed by atoms with Crippen molar-refractivity contribution in [3.63, 3.8) is 0 Å². The molecule has 16 heavy (non-hydrogen) atoms. The molecule has 0 aromatic heterocycles. The predicted molar refractivity (Wildman–Crippen MR) is 71.7 cm³/mol. The Bertz CT molecular complexity index is 313. The fourth-order valence-electron chi connectivity index (χ4n) is 2.43. The summed E-state index contributed by atoms with van der Waals surface area (Å²) >= 11 is 2.07. The van der Waals surface area contributed by atoms with Crippen LogP contribution in [-0.2, 0) is 0 Å². The monoisotopic (exact) mass is 236 g/mol. The van der Waals surface area contributed by atoms with Gasteiger partial charge in [0.1, 0.15) is 0 Å². The molecule has 2 rings (SSSR count). The Morgan fingerprint density at radius 3 is 2.81 bits per heavy atom. The molecule has 0 amide bonds. The van der Waals surface area contributed by atoms with Gasteiger partial charge in [-0.05, 0) is 5.56 Å². The third-order valence-electron chi connectivity index (χ3n) is 3.15. The second-order valence-corrected chi connectivity index (χ2v) is 5.74. The van der Waals surface area contributed by atoms with Gasteiger partial charge in [-0.3, -0.25) is 4.90 Å². The molecule has 2 N–H and O–H groups in total. The van der Waals surface area contributed by atoms with E-state index in [9.17, 15) is 0 Å². The lowest BCUT2D eigenvalue weighted by Crippen LogP contribution is -2.42. The van der Waals surface area contributed by atoms with Crippen molar-refractivity contribution >= 4 is 11.8 Å². The average Bonchev–Trinajstić information content (AvgIpc) is 2.31. The van der Waals surface area contributed by atoms with Gasteiger partial charge in [-0.2, -0.15) is 11.8 Å². The Balaban J connectivity index is 2.19. The molecular weight excluding hydrogens is 216 g/mol. The van der Waals surface area contributed by atoms with Gasteiger partial charge in [0, 0.05) is 36.7 Å². The first-order valence-electron chi connectivity index (χ1n) is 5.93. The first kappa shape index (κ1) is 12.0. The lowest BCUT2D eigenvalue weighted by Gasteiger charge is -2.39. The fraction of sp³-hybridized carbons (Fsp3) is 0.538. The smallest absolute Gasteiger partial charge is 0.0464 e. The molecule has 1 aliphatic heterocycles. The molecule has 1 fully saturated rings. The first-order chi connectivity index (χ1) is 7.83. The molecule has 0 radical (unpaired) electrons. The van der Waals surface area contributed by atoms with E-state index in [1.165, 1.54) is 11.3 Å². The van der Waals surface area contributed by atoms with Crippen molar-refractivity contribution < 1.29 is 0 Å². The maximum absolute atomic E-state index is 5.70. The van der Waals surface area contributed by atoms with Crippen LogP contribution in [0, 0.1) is 0 Å². The molecular formula is C13H20N2S. The van der Waals surface area contributed by atoms with Crippen molar-refractivity contribution in [3.8, 4) is 0 Å². The van der Waals surface area contributed by atoms with Crippen LogP contribution in [-0.4, -0.2) is 35.5 Å². The van der Waals surface area contributed by atoms with E-state index in [1.807, 2.05) is 0 Å². The van der Waals surface area contributed by atoms with Gasteiger partial charge in [0.2, 0.25) is 0 Å². The van der Waals surface area contributed by atoms with Crippen LogP contribution in [0.4, 0.5) is 0 Å². The zero-order valence-corrected chi connectivity index (χ0v) is 10.6. The molecule has 1 aromatic rings. The minimum absolute atomic E-state index is 0.531. The quantitative estimate of drug-likeness (QED) is 0.871. The van der Waals surface area contributed by atoms with Crippen LogP contribution in [0.2, 0.25) is 0 Å². The van der Waals surface area contributed by atoms with Crippen LogP contribution in [0.25, 0.3) is 0 Å². The third-order valence-corrected chi connectivity index (χ3v) is 4.36. The SMILES string of the molecule is CC1SCCN(CCN)C1c1ccccc1. The lowest BCUT2D eigenvalue weighted by molar-refractivity contribution is 0.206. The van der Waals surface area contributed by atoms with Crippen molar-refractivity contribution in [1.82, 2.24) is 4.90 Å². The zero-order valence-electron chi connectivity index (χ0n) is 9.80. The van der Waals surface area contributed by atoms with Gasteiger partial charge in [0.05, 0.1) is 0 Å². The third kappa shape index (κ3) is 2.59. The number of thioether (sulfide) groups is 1. The van der Waals surface area contributed by atoms with Crippen LogP contribution in [0.3, 0.4) is 0 Å². The molecule has 0 saturated carbocycles. The maximum atomic E-state index is 5.70. The summed E-state index contributed by atoms with van der Waals surface area (Å²) < 4.78 is 0. The van der Waals surface area contributed by atoms with E-state index in [2.05, 4.69) is 53.9 Å². The van der Waals surface area contributed by atoms with E-state index in [1.54, 1.807) is 0 Å². The highest BCUT2D eigenvalue weighted by Crippen LogP contribution is 2.35. The molecule has 3 heteroatoms. The number of rotatable bonds is 3. The Kier molecular flexibility index (Phi) is 4.27. The van der Waals surface area contributed by atoms with Crippen molar-refractivity contribution in [2.45, 2.75) is 18.2 Å². The second-order valence-electron chi connectivity index (χ2n) is 4.26. The molecule has 2 atom stereocenters. The normalized spacial score (nSPS) is 26.9. The van der Waals surface area contributed by atoms with Crippen molar-refractivity contribution in [2.24, 2.45) is 5.73 Å². The predicted octanol–water partition coefficient (Wildman–Crippen LogP) is 2.12. The Labute approximate surface area is 102 Å². The van der Waals surface area contributed by atoms with E-state index in [0.717, 1.165) is 19.6 Å². The first-order valence-corrected chi connectivity index (χ1v) is 6.98. The fourth-order valence-corrected chi connectivity index (χ4v) is 3.65. The molecule has 88 valence electrons. The van der Waals surface area contributed by atoms with E-state index in [0.29, 0.717) is 11.3 Å². The Morgan fingerprint density at radius 2 is 2.12 bits per heavy atom. The second kappa shape index (κ2) is 5.71. The number of hydrogen-bond acceptors (Lipinski definition) is 3.